The van der Waals surface area contributed by atoms with Gasteiger partial charge in [0.1, 0.15) is 66.1 Å². The molecule has 5 aliphatic rings. The molecule has 2 saturated carbocycles. The van der Waals surface area contributed by atoms with E-state index in [2.05, 4.69) is 43.9 Å². The maximum absolute atomic E-state index is 16.2. The van der Waals surface area contributed by atoms with Gasteiger partial charge in [-0.1, -0.05) is 89.8 Å². The van der Waals surface area contributed by atoms with Gasteiger partial charge >= 0.3 is 0 Å². The minimum Gasteiger partial charge on any atom is -0.381 e. The highest BCUT2D eigenvalue weighted by atomic mass is 127. The van der Waals surface area contributed by atoms with Gasteiger partial charge in [-0.2, -0.15) is 0 Å². The lowest BCUT2D eigenvalue weighted by atomic mass is 9.82. The van der Waals surface area contributed by atoms with E-state index < -0.39 is 162 Å². The summed E-state index contributed by atoms with van der Waals surface area (Å²) in [5.41, 5.74) is -1.71. The molecular formula is C69H116FIN12O13. The number of amides is 12. The van der Waals surface area contributed by atoms with Crippen LogP contribution in [0.1, 0.15) is 191 Å². The third-order valence-electron chi connectivity index (χ3n) is 21.4. The molecule has 0 spiro atoms. The molecule has 3 saturated heterocycles. The van der Waals surface area contributed by atoms with Crippen LogP contribution in [0.25, 0.3) is 0 Å². The minimum atomic E-state index is -1.71. The molecule has 0 bridgehead atoms. The molecule has 27 heteroatoms. The molecule has 96 heavy (non-hydrogen) atoms. The fraction of sp³-hybridized carbons (Fsp3) is 0.826. The van der Waals surface area contributed by atoms with Crippen LogP contribution in [0.5, 0.6) is 0 Å². The van der Waals surface area contributed by atoms with Crippen molar-refractivity contribution in [1.82, 2.24) is 60.5 Å². The van der Waals surface area contributed by atoms with Gasteiger partial charge in [-0.05, 0) is 141 Å². The zero-order chi connectivity index (χ0) is 71.8. The van der Waals surface area contributed by atoms with Crippen LogP contribution in [0.3, 0.4) is 0 Å². The number of carbonyl (C=O) groups is 12. The topological polar surface area (TPSA) is 288 Å². The Hall–Kier alpha value is -5.74. The molecule has 544 valence electrons. The Kier molecular flexibility index (Phi) is 31.1. The normalized spacial score (nSPS) is 31.5. The number of methoxy groups -OCH3 is 1. The Morgan fingerprint density at radius 3 is 1.88 bits per heavy atom. The van der Waals surface area contributed by atoms with Crippen molar-refractivity contribution in [3.05, 3.63) is 0 Å². The van der Waals surface area contributed by atoms with Gasteiger partial charge in [0.2, 0.25) is 70.9 Å². The van der Waals surface area contributed by atoms with Gasteiger partial charge in [0.25, 0.3) is 0 Å². The second-order valence-corrected chi connectivity index (χ2v) is 30.5. The number of halogens is 2. The molecule has 5 fully saturated rings. The van der Waals surface area contributed by atoms with Crippen molar-refractivity contribution in [1.29, 1.82) is 0 Å². The van der Waals surface area contributed by atoms with E-state index in [0.29, 0.717) is 77.3 Å². The number of hydrogen-bond donors (Lipinski definition) is 4. The second kappa shape index (κ2) is 36.9. The molecule has 3 unspecified atom stereocenters. The number of likely N-dealkylation sites (N-methyl/N-ethyl adjacent to an activating group) is 6. The van der Waals surface area contributed by atoms with Crippen LogP contribution in [-0.2, 0) is 62.3 Å². The van der Waals surface area contributed by atoms with Gasteiger partial charge in [-0.15, -0.1) is 0 Å². The number of nitrogens with one attached hydrogen (secondary N) is 4. The lowest BCUT2D eigenvalue weighted by molar-refractivity contribution is -0.160. The summed E-state index contributed by atoms with van der Waals surface area (Å²) in [7, 11) is 10.2. The molecular weight excluding hydrogens is 1350 g/mol. The van der Waals surface area contributed by atoms with Crippen LogP contribution in [-0.4, -0.2) is 262 Å². The monoisotopic (exact) mass is 1470 g/mol. The average molecular weight is 1470 g/mol. The molecule has 2 aliphatic carbocycles. The fourth-order valence-corrected chi connectivity index (χ4v) is 15.0. The maximum Gasteiger partial charge on any atom is 0.246 e. The lowest BCUT2D eigenvalue weighted by Crippen LogP contribution is -2.65. The van der Waals surface area contributed by atoms with E-state index in [-0.39, 0.29) is 66.9 Å². The van der Waals surface area contributed by atoms with Crippen LogP contribution < -0.4 is 21.3 Å². The number of ether oxygens (including phenoxy) is 1. The first-order chi connectivity index (χ1) is 45.2. The number of likely N-dealkylation sites (tertiary alicyclic amines) is 1. The second-order valence-electron chi connectivity index (χ2n) is 28.9. The molecule has 5 rings (SSSR count). The van der Waals surface area contributed by atoms with Crippen molar-refractivity contribution in [2.24, 2.45) is 23.7 Å². The number of unbranched alkanes of at least 4 members (excludes halogenated alkanes) is 1. The molecule has 3 aliphatic heterocycles. The maximum atomic E-state index is 16.2. The standard InChI is InChI=1S/C69H116FIN12O13/c1-17-20-27-48-63(90)81(15)69(8,9)68(95)74-50(36-41(4)5)62(89)79(13)54(66(93)82-33-22-21-23-34-82)39-56(85)78(12)51(19-3)60(87)75-58(42(6)18-2)67(94)77(11)43(7)61(88)83-35-32-52(83)65(92)80(14)53(37-44-28-30-46(96-16)31-29-44)64(91)76(10)40-55(84)72-49(59(86)73-48)38-45-25-24-26-47(71)57(45)70/h41-54,57-58H,17-40H2,1-16H3,(H,72,84)(H,73,86)(H,74,95)(H,75,87)/t42-,43-,44?,45?,46?,47?,48-,49-,50-,51-,52-,53-,54-,57?,58-/m0/s1. The van der Waals surface area contributed by atoms with Gasteiger partial charge in [0, 0.05) is 73.0 Å². The summed E-state index contributed by atoms with van der Waals surface area (Å²) < 4.78 is 21.5. The van der Waals surface area contributed by atoms with Crippen molar-refractivity contribution in [3.63, 3.8) is 0 Å². The first-order valence-electron chi connectivity index (χ1n) is 35.4. The number of nitrogens with zero attached hydrogens (tertiary/aromatic N) is 8. The third-order valence-corrected chi connectivity index (χ3v) is 22.7. The predicted octanol–water partition coefficient (Wildman–Crippen LogP) is 4.59. The van der Waals surface area contributed by atoms with E-state index in [9.17, 15) is 47.9 Å². The van der Waals surface area contributed by atoms with Crippen molar-refractivity contribution in [3.8, 4) is 0 Å². The average Bonchev–Trinajstić information content (AvgIpc) is 0.834. The van der Waals surface area contributed by atoms with Crippen LogP contribution in [0.4, 0.5) is 4.39 Å². The van der Waals surface area contributed by atoms with Crippen molar-refractivity contribution in [2.45, 2.75) is 267 Å². The first kappa shape index (κ1) is 80.9. The van der Waals surface area contributed by atoms with E-state index in [0.717, 1.165) is 19.3 Å². The zero-order valence-electron chi connectivity index (χ0n) is 60.3. The number of hydrogen-bond acceptors (Lipinski definition) is 13. The highest BCUT2D eigenvalue weighted by Crippen LogP contribution is 2.36. The Morgan fingerprint density at radius 1 is 0.656 bits per heavy atom. The van der Waals surface area contributed by atoms with Crippen molar-refractivity contribution >= 4 is 93.5 Å². The Labute approximate surface area is 583 Å². The van der Waals surface area contributed by atoms with Crippen molar-refractivity contribution in [2.75, 3.05) is 75.6 Å². The summed E-state index contributed by atoms with van der Waals surface area (Å²) in [6.45, 7) is 15.8. The number of fused-ring (bicyclic) bond motifs is 1. The number of carbonyl (C=O) groups excluding carboxylic acids is 12. The Morgan fingerprint density at radius 2 is 1.30 bits per heavy atom. The van der Waals surface area contributed by atoms with E-state index in [1.165, 1.54) is 97.4 Å². The molecule has 13 atom stereocenters. The van der Waals surface area contributed by atoms with Gasteiger partial charge in [-0.3, -0.25) is 57.5 Å². The molecule has 3 heterocycles. The fourth-order valence-electron chi connectivity index (χ4n) is 14.0. The largest absolute Gasteiger partial charge is 0.381 e. The Balaban J connectivity index is 1.61. The summed E-state index contributed by atoms with van der Waals surface area (Å²) in [4.78, 5) is 188. The zero-order valence-corrected chi connectivity index (χ0v) is 62.5. The van der Waals surface area contributed by atoms with Gasteiger partial charge < -0.3 is 65.2 Å². The van der Waals surface area contributed by atoms with Crippen LogP contribution in [0.15, 0.2) is 0 Å². The predicted molar refractivity (Wildman–Crippen MR) is 370 cm³/mol. The molecule has 0 aromatic heterocycles. The lowest BCUT2D eigenvalue weighted by Gasteiger charge is -2.45. The Bertz CT molecular complexity index is 2730. The van der Waals surface area contributed by atoms with Crippen LogP contribution in [0.2, 0.25) is 0 Å². The minimum absolute atomic E-state index is 0.0263. The van der Waals surface area contributed by atoms with E-state index in [1.807, 2.05) is 27.7 Å². The van der Waals surface area contributed by atoms with E-state index in [4.69, 9.17) is 4.74 Å². The highest BCUT2D eigenvalue weighted by Gasteiger charge is 2.48. The molecule has 12 amide bonds. The summed E-state index contributed by atoms with van der Waals surface area (Å²) in [6, 6.07) is -11.0. The van der Waals surface area contributed by atoms with Crippen LogP contribution >= 0.6 is 22.6 Å². The SMILES string of the molecule is CCCC[C@@H]1NC(=O)[C@H](CC2CCCC(I)C2F)NC(=O)CN(C)C(=O)[C@H](CC2CCC(OC)CC2)N(C)C(=O)[C@@H]2CCN2C(=O)[C@H](C)N(C)C(=O)[C@H]([C@@H](C)CC)NC(=O)[C@H](CC)N(C)C(=O)C[C@@H](C(=O)N2CCCCC2)N(C)C(=O)[C@H](CC(C)C)NC(=O)C(C)(C)N(C)C1=O. The smallest absolute Gasteiger partial charge is 0.246 e. The summed E-state index contributed by atoms with van der Waals surface area (Å²) >= 11 is 2.06. The van der Waals surface area contributed by atoms with Gasteiger partial charge in [0.05, 0.1) is 19.1 Å². The third kappa shape index (κ3) is 20.5. The number of alkyl halides is 2. The first-order valence-corrected chi connectivity index (χ1v) is 36.6. The van der Waals surface area contributed by atoms with Crippen LogP contribution in [0, 0.1) is 23.7 Å². The molecule has 25 nitrogen and oxygen atoms in total. The van der Waals surface area contributed by atoms with E-state index in [1.54, 1.807) is 25.9 Å². The highest BCUT2D eigenvalue weighted by molar-refractivity contribution is 14.1. The number of rotatable bonds is 14. The molecule has 0 aromatic rings. The summed E-state index contributed by atoms with van der Waals surface area (Å²) in [6.07, 6.45) is 7.05. The van der Waals surface area contributed by atoms with E-state index >= 15 is 14.0 Å². The number of piperidine rings is 1. The van der Waals surface area contributed by atoms with Gasteiger partial charge in [-0.25, -0.2) is 4.39 Å². The quantitative estimate of drug-likeness (QED) is 0.137. The molecule has 0 radical (unpaired) electrons. The summed E-state index contributed by atoms with van der Waals surface area (Å²) in [5, 5.41) is 11.4. The molecule has 4 N–H and O–H groups in total. The molecule has 0 aromatic carbocycles. The van der Waals surface area contributed by atoms with Gasteiger partial charge in [0.15, 0.2) is 0 Å². The summed E-state index contributed by atoms with van der Waals surface area (Å²) in [5.74, 6) is -9.11. The van der Waals surface area contributed by atoms with Crippen molar-refractivity contribution < 1.29 is 66.7 Å².